The predicted molar refractivity (Wildman–Crippen MR) is 89.4 cm³/mol. The molecule has 2 fully saturated rings. The fourth-order valence-electron chi connectivity index (χ4n) is 3.23. The number of nitrogens with one attached hydrogen (secondary N) is 1. The number of nitrogens with zero attached hydrogens (tertiary/aromatic N) is 2. The smallest absolute Gasteiger partial charge is 0.229 e. The van der Waals surface area contributed by atoms with Crippen LogP contribution in [0.3, 0.4) is 0 Å². The zero-order chi connectivity index (χ0) is 13.9. The van der Waals surface area contributed by atoms with Crippen LogP contribution >= 0.6 is 23.7 Å². The molecule has 2 unspecified atom stereocenters. The highest BCUT2D eigenvalue weighted by atomic mass is 35.5. The molecule has 4 nitrogen and oxygen atoms in total. The van der Waals surface area contributed by atoms with E-state index >= 15 is 0 Å². The molecule has 0 saturated carbocycles. The third kappa shape index (κ3) is 3.77. The molecular weight excluding hydrogens is 306 g/mol. The molecule has 3 rings (SSSR count). The topological polar surface area (TPSA) is 35.6 Å². The Hall–Kier alpha value is -0.620. The maximum absolute atomic E-state index is 12.6. The number of piperazine rings is 1. The summed E-state index contributed by atoms with van der Waals surface area (Å²) in [6.07, 6.45) is 1.13. The van der Waals surface area contributed by atoms with Crippen molar-refractivity contribution >= 4 is 29.7 Å². The first-order chi connectivity index (χ1) is 9.75. The average molecular weight is 330 g/mol. The molecule has 1 amide bonds. The number of halogens is 1. The predicted octanol–water partition coefficient (Wildman–Crippen LogP) is 1.78. The molecule has 1 aromatic heterocycles. The second-order valence-electron chi connectivity index (χ2n) is 5.79. The van der Waals surface area contributed by atoms with Crippen molar-refractivity contribution in [2.45, 2.75) is 25.3 Å². The van der Waals surface area contributed by atoms with Crippen LogP contribution in [-0.2, 0) is 4.79 Å². The van der Waals surface area contributed by atoms with Gasteiger partial charge >= 0.3 is 0 Å². The van der Waals surface area contributed by atoms with Crippen molar-refractivity contribution in [2.75, 3.05) is 39.3 Å². The first kappa shape index (κ1) is 16.7. The Labute approximate surface area is 136 Å². The molecule has 0 radical (unpaired) electrons. The minimum Gasteiger partial charge on any atom is -0.341 e. The Morgan fingerprint density at radius 1 is 1.38 bits per heavy atom. The lowest BCUT2D eigenvalue weighted by molar-refractivity contribution is -0.131. The molecule has 0 spiro atoms. The molecule has 3 heterocycles. The van der Waals surface area contributed by atoms with Gasteiger partial charge in [0.25, 0.3) is 0 Å². The molecule has 118 valence electrons. The van der Waals surface area contributed by atoms with Crippen molar-refractivity contribution < 1.29 is 4.79 Å². The van der Waals surface area contributed by atoms with Crippen LogP contribution in [-0.4, -0.2) is 61.0 Å². The maximum atomic E-state index is 12.6. The fraction of sp³-hybridized carbons (Fsp3) is 0.667. The largest absolute Gasteiger partial charge is 0.341 e. The molecule has 1 aromatic rings. The van der Waals surface area contributed by atoms with E-state index in [0.29, 0.717) is 11.9 Å². The quantitative estimate of drug-likeness (QED) is 0.918. The van der Waals surface area contributed by atoms with E-state index in [1.54, 1.807) is 11.3 Å². The molecule has 2 atom stereocenters. The number of carbonyl (C=O) groups is 1. The number of carbonyl (C=O) groups excluding carboxylic acids is 1. The van der Waals surface area contributed by atoms with Crippen molar-refractivity contribution in [2.24, 2.45) is 0 Å². The van der Waals surface area contributed by atoms with E-state index < -0.39 is 0 Å². The third-order valence-corrected chi connectivity index (χ3v) is 5.26. The van der Waals surface area contributed by atoms with Crippen molar-refractivity contribution in [3.8, 4) is 0 Å². The first-order valence-electron chi connectivity index (χ1n) is 7.51. The van der Waals surface area contributed by atoms with Gasteiger partial charge in [-0.2, -0.15) is 11.3 Å². The van der Waals surface area contributed by atoms with Gasteiger partial charge in [-0.05, 0) is 35.7 Å². The highest BCUT2D eigenvalue weighted by Crippen LogP contribution is 2.24. The molecule has 21 heavy (non-hydrogen) atoms. The van der Waals surface area contributed by atoms with Gasteiger partial charge < -0.3 is 10.2 Å². The summed E-state index contributed by atoms with van der Waals surface area (Å²) < 4.78 is 0. The number of hydrogen-bond donors (Lipinski definition) is 1. The molecule has 1 N–H and O–H groups in total. The van der Waals surface area contributed by atoms with Crippen molar-refractivity contribution in [1.82, 2.24) is 15.1 Å². The van der Waals surface area contributed by atoms with Crippen LogP contribution in [0.4, 0.5) is 0 Å². The summed E-state index contributed by atoms with van der Waals surface area (Å²) in [5, 5.41) is 7.53. The SMILES string of the molecule is CC(C(=O)N1CCC(N2CCNCC2)C1)c1ccsc1.Cl. The molecule has 0 aliphatic carbocycles. The molecule has 2 aliphatic rings. The van der Waals surface area contributed by atoms with Crippen LogP contribution in [0, 0.1) is 0 Å². The highest BCUT2D eigenvalue weighted by Gasteiger charge is 2.32. The highest BCUT2D eigenvalue weighted by molar-refractivity contribution is 7.08. The Balaban J connectivity index is 0.00000161. The van der Waals surface area contributed by atoms with Crippen molar-refractivity contribution in [3.63, 3.8) is 0 Å². The number of hydrogen-bond acceptors (Lipinski definition) is 4. The van der Waals surface area contributed by atoms with Crippen LogP contribution in [0.5, 0.6) is 0 Å². The Morgan fingerprint density at radius 3 is 2.81 bits per heavy atom. The van der Waals surface area contributed by atoms with Gasteiger partial charge in [-0.3, -0.25) is 9.69 Å². The number of amides is 1. The molecule has 0 aromatic carbocycles. The first-order valence-corrected chi connectivity index (χ1v) is 8.45. The summed E-state index contributed by atoms with van der Waals surface area (Å²) >= 11 is 1.67. The molecule has 2 saturated heterocycles. The van der Waals surface area contributed by atoms with E-state index in [4.69, 9.17) is 0 Å². The lowest BCUT2D eigenvalue weighted by atomic mass is 10.0. The van der Waals surface area contributed by atoms with E-state index in [1.807, 2.05) is 12.3 Å². The monoisotopic (exact) mass is 329 g/mol. The van der Waals surface area contributed by atoms with Gasteiger partial charge in [0.05, 0.1) is 5.92 Å². The zero-order valence-corrected chi connectivity index (χ0v) is 14.1. The summed E-state index contributed by atoms with van der Waals surface area (Å²) in [5.74, 6) is 0.295. The molecule has 0 bridgehead atoms. The lowest BCUT2D eigenvalue weighted by Gasteiger charge is -2.32. The second-order valence-corrected chi connectivity index (χ2v) is 6.57. The van der Waals surface area contributed by atoms with Gasteiger partial charge in [0.15, 0.2) is 0 Å². The van der Waals surface area contributed by atoms with Crippen LogP contribution in [0.2, 0.25) is 0 Å². The van der Waals surface area contributed by atoms with E-state index in [-0.39, 0.29) is 18.3 Å². The van der Waals surface area contributed by atoms with E-state index in [0.717, 1.165) is 51.3 Å². The fourth-order valence-corrected chi connectivity index (χ4v) is 3.98. The van der Waals surface area contributed by atoms with Gasteiger partial charge in [0.2, 0.25) is 5.91 Å². The summed E-state index contributed by atoms with van der Waals surface area (Å²) in [4.78, 5) is 17.2. The standard InChI is InChI=1S/C15H23N3OS.ClH/c1-12(13-3-9-20-11-13)15(19)18-6-2-14(10-18)17-7-4-16-5-8-17;/h3,9,11-12,14,16H,2,4-8,10H2,1H3;1H. The van der Waals surface area contributed by atoms with Crippen LogP contribution in [0.1, 0.15) is 24.8 Å². The zero-order valence-electron chi connectivity index (χ0n) is 12.5. The van der Waals surface area contributed by atoms with Gasteiger partial charge in [-0.1, -0.05) is 0 Å². The number of rotatable bonds is 3. The molecule has 6 heteroatoms. The third-order valence-electron chi connectivity index (χ3n) is 4.56. The van der Waals surface area contributed by atoms with Gasteiger partial charge in [0.1, 0.15) is 0 Å². The lowest BCUT2D eigenvalue weighted by Crippen LogP contribution is -2.49. The summed E-state index contributed by atoms with van der Waals surface area (Å²) in [6.45, 7) is 8.25. The second kappa shape index (κ2) is 7.58. The van der Waals surface area contributed by atoms with Gasteiger partial charge in [-0.25, -0.2) is 0 Å². The summed E-state index contributed by atoms with van der Waals surface area (Å²) in [7, 11) is 0. The van der Waals surface area contributed by atoms with E-state index in [2.05, 4.69) is 26.6 Å². The van der Waals surface area contributed by atoms with Crippen LogP contribution in [0.15, 0.2) is 16.8 Å². The minimum absolute atomic E-state index is 0. The van der Waals surface area contributed by atoms with Crippen LogP contribution in [0.25, 0.3) is 0 Å². The van der Waals surface area contributed by atoms with Crippen LogP contribution < -0.4 is 5.32 Å². The summed E-state index contributed by atoms with van der Waals surface area (Å²) in [6, 6.07) is 2.63. The summed E-state index contributed by atoms with van der Waals surface area (Å²) in [5.41, 5.74) is 1.16. The Bertz CT molecular complexity index is 448. The van der Waals surface area contributed by atoms with E-state index in [9.17, 15) is 4.79 Å². The van der Waals surface area contributed by atoms with Crippen molar-refractivity contribution in [3.05, 3.63) is 22.4 Å². The molecular formula is C15H24ClN3OS. The number of thiophene rings is 1. The van der Waals surface area contributed by atoms with Gasteiger partial charge in [0, 0.05) is 45.3 Å². The number of likely N-dealkylation sites (tertiary alicyclic amines) is 1. The van der Waals surface area contributed by atoms with E-state index in [1.165, 1.54) is 0 Å². The maximum Gasteiger partial charge on any atom is 0.229 e. The molecule has 2 aliphatic heterocycles. The van der Waals surface area contributed by atoms with Gasteiger partial charge in [-0.15, -0.1) is 12.4 Å². The van der Waals surface area contributed by atoms with Crippen molar-refractivity contribution in [1.29, 1.82) is 0 Å². The Morgan fingerprint density at radius 2 is 2.14 bits per heavy atom. The average Bonchev–Trinajstić information content (AvgIpc) is 3.18. The Kier molecular flexibility index (Phi) is 6.05. The normalized spacial score (nSPS) is 24.6. The minimum atomic E-state index is 0.